The molecular formula is C45H58IN7O9S. The number of nitrogens with zero attached hydrogens (tertiary/aromatic N) is 2. The van der Waals surface area contributed by atoms with Gasteiger partial charge in [-0.1, -0.05) is 55.8 Å². The number of ether oxygens (including phenoxy) is 1. The van der Waals surface area contributed by atoms with Crippen molar-refractivity contribution in [3.63, 3.8) is 0 Å². The summed E-state index contributed by atoms with van der Waals surface area (Å²) in [6.07, 6.45) is -1.59. The number of rotatable bonds is 17. The summed E-state index contributed by atoms with van der Waals surface area (Å²) in [5.41, 5.74) is 12.1. The van der Waals surface area contributed by atoms with E-state index in [0.29, 0.717) is 12.0 Å². The number of benzene rings is 3. The predicted octanol–water partition coefficient (Wildman–Crippen LogP) is 3.97. The van der Waals surface area contributed by atoms with Crippen LogP contribution in [0.5, 0.6) is 0 Å². The molecule has 1 saturated heterocycles. The van der Waals surface area contributed by atoms with Crippen LogP contribution in [0, 0.1) is 16.4 Å². The van der Waals surface area contributed by atoms with Crippen molar-refractivity contribution in [2.45, 2.75) is 114 Å². The van der Waals surface area contributed by atoms with Gasteiger partial charge in [-0.15, -0.1) is 0 Å². The fraction of sp³-hybridized carbons (Fsp3) is 0.444. The highest BCUT2D eigenvalue weighted by atomic mass is 127. The van der Waals surface area contributed by atoms with Crippen LogP contribution in [0.1, 0.15) is 87.4 Å². The van der Waals surface area contributed by atoms with Gasteiger partial charge in [0.15, 0.2) is 6.10 Å². The van der Waals surface area contributed by atoms with Gasteiger partial charge in [-0.05, 0) is 136 Å². The van der Waals surface area contributed by atoms with Gasteiger partial charge in [0.05, 0.1) is 21.9 Å². The predicted molar refractivity (Wildman–Crippen MR) is 245 cm³/mol. The number of nitrogens with one attached hydrogen (secondary N) is 3. The first kappa shape index (κ1) is 49.1. The van der Waals surface area contributed by atoms with Crippen LogP contribution < -0.4 is 27.4 Å². The molecule has 340 valence electrons. The minimum absolute atomic E-state index is 0.00427. The molecule has 3 aromatic carbocycles. The molecule has 0 radical (unpaired) electrons. The van der Waals surface area contributed by atoms with Crippen LogP contribution in [0.25, 0.3) is 0 Å². The van der Waals surface area contributed by atoms with E-state index in [1.165, 1.54) is 24.3 Å². The number of nitrogens with two attached hydrogens (primary N) is 2. The topological polar surface area (TPSA) is 244 Å². The fourth-order valence-electron chi connectivity index (χ4n) is 7.69. The zero-order chi connectivity index (χ0) is 46.4. The number of carbonyl (C=O) groups excluding carboxylic acids is 5. The SMILES string of the molecule is Cc1ccc(S(=O)(=O)C2=C(C(=O)N[C@@H](CCCCNC(=O)OC(C)(C)C)C(O)C(=O)NCc3ccc(C(N)=O)cc3)N3C(=O)C(N)(Cc4cccc(I)c4)CCN3C2C(C)C)cc1. The molecule has 5 amide bonds. The van der Waals surface area contributed by atoms with E-state index in [4.69, 9.17) is 16.2 Å². The summed E-state index contributed by atoms with van der Waals surface area (Å²) in [6.45, 7) is 10.9. The van der Waals surface area contributed by atoms with Crippen molar-refractivity contribution in [3.05, 3.63) is 109 Å². The van der Waals surface area contributed by atoms with E-state index >= 15 is 4.79 Å². The van der Waals surface area contributed by atoms with E-state index in [-0.39, 0.29) is 60.7 Å². The van der Waals surface area contributed by atoms with Crippen molar-refractivity contribution in [2.24, 2.45) is 17.4 Å². The Morgan fingerprint density at radius 3 is 2.25 bits per heavy atom. The maximum absolute atomic E-state index is 15.0. The van der Waals surface area contributed by atoms with Crippen LogP contribution >= 0.6 is 22.6 Å². The second kappa shape index (κ2) is 20.3. The number of hydrogen-bond donors (Lipinski definition) is 6. The Kier molecular flexibility index (Phi) is 15.8. The van der Waals surface area contributed by atoms with Crippen molar-refractivity contribution in [1.82, 2.24) is 26.0 Å². The molecule has 16 nitrogen and oxygen atoms in total. The number of carbonyl (C=O) groups is 5. The molecule has 0 bridgehead atoms. The lowest BCUT2D eigenvalue weighted by Gasteiger charge is -2.45. The maximum Gasteiger partial charge on any atom is 0.407 e. The summed E-state index contributed by atoms with van der Waals surface area (Å²) < 4.78 is 36.0. The minimum Gasteiger partial charge on any atom is -0.444 e. The van der Waals surface area contributed by atoms with Crippen LogP contribution in [-0.2, 0) is 41.9 Å². The number of hydrogen-bond acceptors (Lipinski definition) is 11. The summed E-state index contributed by atoms with van der Waals surface area (Å²) in [6, 6.07) is 17.6. The molecule has 63 heavy (non-hydrogen) atoms. The number of aryl methyl sites for hydroxylation is 1. The second-order valence-corrected chi connectivity index (χ2v) is 20.6. The molecule has 3 aromatic rings. The molecule has 2 heterocycles. The monoisotopic (exact) mass is 999 g/mol. The maximum atomic E-state index is 15.0. The Morgan fingerprint density at radius 2 is 1.65 bits per heavy atom. The first-order chi connectivity index (χ1) is 29.5. The minimum atomic E-state index is -4.47. The highest BCUT2D eigenvalue weighted by Crippen LogP contribution is 2.43. The number of primary amides is 1. The third kappa shape index (κ3) is 12.0. The van der Waals surface area contributed by atoms with Gasteiger partial charge in [-0.25, -0.2) is 23.2 Å². The molecule has 4 atom stereocenters. The molecule has 0 aromatic heterocycles. The van der Waals surface area contributed by atoms with Crippen LogP contribution in [0.4, 0.5) is 4.79 Å². The van der Waals surface area contributed by atoms with E-state index < -0.39 is 80.5 Å². The third-order valence-corrected chi connectivity index (χ3v) is 13.4. The van der Waals surface area contributed by atoms with Gasteiger partial charge in [0, 0.05) is 28.8 Å². The number of hydrazine groups is 1. The highest BCUT2D eigenvalue weighted by molar-refractivity contribution is 14.1. The summed E-state index contributed by atoms with van der Waals surface area (Å²) in [5.74, 6) is -3.59. The van der Waals surface area contributed by atoms with Gasteiger partial charge in [0.2, 0.25) is 15.7 Å². The van der Waals surface area contributed by atoms with Gasteiger partial charge in [-0.2, -0.15) is 0 Å². The molecule has 0 saturated carbocycles. The first-order valence-electron chi connectivity index (χ1n) is 20.8. The highest BCUT2D eigenvalue weighted by Gasteiger charge is 2.57. The molecule has 2 aliphatic rings. The quantitative estimate of drug-likeness (QED) is 0.0835. The molecule has 0 aliphatic carbocycles. The number of aliphatic hydroxyl groups excluding tert-OH is 1. The fourth-order valence-corrected chi connectivity index (χ4v) is 10.2. The van der Waals surface area contributed by atoms with Crippen LogP contribution in [-0.4, -0.2) is 95.7 Å². The summed E-state index contributed by atoms with van der Waals surface area (Å²) in [4.78, 5) is 67.0. The first-order valence-corrected chi connectivity index (χ1v) is 23.4. The van der Waals surface area contributed by atoms with E-state index in [1.54, 1.807) is 63.9 Å². The number of aliphatic hydroxyl groups is 1. The summed E-state index contributed by atoms with van der Waals surface area (Å²) in [7, 11) is -4.47. The number of amides is 5. The van der Waals surface area contributed by atoms with Gasteiger partial charge < -0.3 is 37.3 Å². The van der Waals surface area contributed by atoms with Crippen molar-refractivity contribution in [2.75, 3.05) is 13.1 Å². The van der Waals surface area contributed by atoms with E-state index in [9.17, 15) is 32.7 Å². The number of unbranched alkanes of at least 4 members (excludes halogenated alkanes) is 1. The molecular weight excluding hydrogens is 942 g/mol. The van der Waals surface area contributed by atoms with Gasteiger partial charge in [0.25, 0.3) is 17.7 Å². The molecule has 0 spiro atoms. The Balaban J connectivity index is 1.52. The average molecular weight is 1000 g/mol. The zero-order valence-electron chi connectivity index (χ0n) is 36.4. The number of alkyl carbamates (subject to hydrolysis) is 1. The standard InChI is InChI=1S/C45H58IN7O9S/c1-27(2)35-38(63(60,61)33-19-13-28(3)14-20-33)36(53-42(58)45(48,21-23-52(35)53)25-30-10-9-11-32(46)24-30)40(56)51-34(12-7-8-22-49-43(59)62-44(4,5)6)37(54)41(57)50-26-29-15-17-31(18-16-29)39(47)55/h9-11,13-20,24,27,34-35,37,54H,7-8,12,21-23,25-26,48H2,1-6H3,(H2,47,55)(H,49,59)(H,50,57)(H,51,56)/t34-,35?,37?,45?/m0/s1. The zero-order valence-corrected chi connectivity index (χ0v) is 39.4. The van der Waals surface area contributed by atoms with E-state index in [2.05, 4.69) is 38.5 Å². The number of halogens is 1. The number of fused-ring (bicyclic) bond motifs is 1. The van der Waals surface area contributed by atoms with E-state index in [1.807, 2.05) is 31.2 Å². The molecule has 3 unspecified atom stereocenters. The van der Waals surface area contributed by atoms with Crippen molar-refractivity contribution in [3.8, 4) is 0 Å². The lowest BCUT2D eigenvalue weighted by molar-refractivity contribution is -0.161. The Morgan fingerprint density at radius 1 is 0.984 bits per heavy atom. The van der Waals surface area contributed by atoms with Crippen LogP contribution in [0.15, 0.2) is 88.3 Å². The van der Waals surface area contributed by atoms with Gasteiger partial charge in [-0.3, -0.25) is 19.2 Å². The smallest absolute Gasteiger partial charge is 0.407 e. The third-order valence-electron chi connectivity index (χ3n) is 10.9. The molecule has 5 rings (SSSR count). The van der Waals surface area contributed by atoms with Crippen LogP contribution in [0.2, 0.25) is 0 Å². The average Bonchev–Trinajstić information content (AvgIpc) is 3.57. The van der Waals surface area contributed by atoms with Crippen LogP contribution in [0.3, 0.4) is 0 Å². The van der Waals surface area contributed by atoms with E-state index in [0.717, 1.165) is 19.7 Å². The molecule has 18 heteroatoms. The second-order valence-electron chi connectivity index (χ2n) is 17.4. The molecule has 8 N–H and O–H groups in total. The lowest BCUT2D eigenvalue weighted by Crippen LogP contribution is -2.67. The summed E-state index contributed by atoms with van der Waals surface area (Å²) in [5, 5.41) is 22.4. The van der Waals surface area contributed by atoms with Crippen molar-refractivity contribution in [1.29, 1.82) is 0 Å². The molecule has 2 aliphatic heterocycles. The Bertz CT molecular complexity index is 2330. The normalized spacial score (nSPS) is 19.0. The number of sulfone groups is 1. The van der Waals surface area contributed by atoms with Gasteiger partial charge in [0.1, 0.15) is 16.8 Å². The molecule has 1 fully saturated rings. The Labute approximate surface area is 382 Å². The van der Waals surface area contributed by atoms with Crippen molar-refractivity contribution >= 4 is 62.2 Å². The Hall–Kier alpha value is -4.89. The lowest BCUT2D eigenvalue weighted by atomic mass is 9.85. The van der Waals surface area contributed by atoms with Crippen molar-refractivity contribution < 1.29 is 42.2 Å². The van der Waals surface area contributed by atoms with Gasteiger partial charge >= 0.3 is 6.09 Å². The summed E-state index contributed by atoms with van der Waals surface area (Å²) >= 11 is 2.17. The largest absolute Gasteiger partial charge is 0.444 e.